The van der Waals surface area contributed by atoms with Crippen molar-refractivity contribution in [3.8, 4) is 25.3 Å². The lowest BCUT2D eigenvalue weighted by Gasteiger charge is -2.30. The molecule has 0 radical (unpaired) electrons. The molecule has 0 spiro atoms. The van der Waals surface area contributed by atoms with Crippen LogP contribution in [0.25, 0.3) is 29.7 Å². The average Bonchev–Trinajstić information content (AvgIpc) is 3.90. The van der Waals surface area contributed by atoms with Crippen LogP contribution in [0.2, 0.25) is 0 Å². The molecule has 12 heteroatoms. The molecular formula is C35H36NO5PS4Si. The van der Waals surface area contributed by atoms with Crippen molar-refractivity contribution in [2.75, 3.05) is 20.3 Å². The van der Waals surface area contributed by atoms with Gasteiger partial charge in [-0.25, -0.2) is 4.98 Å². The molecule has 5 heterocycles. The number of hydrogen-bond acceptors (Lipinski definition) is 10. The molecule has 244 valence electrons. The van der Waals surface area contributed by atoms with Crippen LogP contribution in [0.15, 0.2) is 60.7 Å². The van der Waals surface area contributed by atoms with Gasteiger partial charge in [-0.1, -0.05) is 50.2 Å². The molecule has 0 amide bonds. The summed E-state index contributed by atoms with van der Waals surface area (Å²) in [4.78, 5) is 12.4. The molecule has 1 aliphatic rings. The summed E-state index contributed by atoms with van der Waals surface area (Å²) in [5.41, 5.74) is 1.77. The van der Waals surface area contributed by atoms with Crippen molar-refractivity contribution < 1.29 is 23.5 Å². The highest BCUT2D eigenvalue weighted by molar-refractivity contribution is 7.69. The smallest absolute Gasteiger partial charge is 0.389 e. The minimum atomic E-state index is -3.53. The number of thiophene rings is 3. The molecule has 2 aromatic carbocycles. The van der Waals surface area contributed by atoms with Gasteiger partial charge in [-0.3, -0.25) is 4.57 Å². The van der Waals surface area contributed by atoms with Crippen molar-refractivity contribution in [3.05, 3.63) is 76.0 Å². The van der Waals surface area contributed by atoms with Crippen LogP contribution < -0.4 is 30.2 Å². The monoisotopic (exact) mass is 737 g/mol. The second kappa shape index (κ2) is 13.1. The Bertz CT molecular complexity index is 2050. The van der Waals surface area contributed by atoms with E-state index in [4.69, 9.17) is 18.8 Å². The maximum Gasteiger partial charge on any atom is 0.389 e. The lowest BCUT2D eigenvalue weighted by Crippen LogP contribution is -2.72. The van der Waals surface area contributed by atoms with Crippen LogP contribution in [0.3, 0.4) is 0 Å². The van der Waals surface area contributed by atoms with Crippen molar-refractivity contribution in [2.24, 2.45) is 0 Å². The van der Waals surface area contributed by atoms with Crippen LogP contribution >= 0.6 is 52.9 Å². The van der Waals surface area contributed by atoms with Crippen LogP contribution in [0.1, 0.15) is 42.0 Å². The summed E-state index contributed by atoms with van der Waals surface area (Å²) in [6, 6.07) is 22.0. The summed E-state index contributed by atoms with van der Waals surface area (Å²) in [6.07, 6.45) is 1.49. The third-order valence-corrected chi connectivity index (χ3v) is 20.9. The molecule has 1 N–H and O–H groups in total. The van der Waals surface area contributed by atoms with Crippen molar-refractivity contribution in [2.45, 2.75) is 47.1 Å². The van der Waals surface area contributed by atoms with Crippen LogP contribution in [0, 0.1) is 13.8 Å². The predicted molar refractivity (Wildman–Crippen MR) is 203 cm³/mol. The van der Waals surface area contributed by atoms with Gasteiger partial charge in [-0.15, -0.1) is 45.3 Å². The zero-order valence-corrected chi connectivity index (χ0v) is 32.1. The van der Waals surface area contributed by atoms with Gasteiger partial charge in [0.1, 0.15) is 11.3 Å². The Balaban J connectivity index is 1.44. The fraction of sp³-hybridized carbons (Fsp3) is 0.286. The SMILES string of the molecule is CCCOP(=O)(OCCC)c1nc2c(-c3cc4c(s3)-c3sc(C)cc3[Si]4(c3ccc(CO)cc3)c3ccc(OC)cc3)sc(C)c2s1. The molecule has 6 aromatic rings. The van der Waals surface area contributed by atoms with Gasteiger partial charge in [0.15, 0.2) is 8.07 Å². The molecule has 1 atom stereocenters. The maximum atomic E-state index is 14.0. The van der Waals surface area contributed by atoms with E-state index in [0.29, 0.717) is 18.0 Å². The van der Waals surface area contributed by atoms with E-state index >= 15 is 0 Å². The molecular weight excluding hydrogens is 702 g/mol. The molecule has 4 aromatic heterocycles. The summed E-state index contributed by atoms with van der Waals surface area (Å²) in [7, 11) is -4.55. The highest BCUT2D eigenvalue weighted by atomic mass is 32.1. The van der Waals surface area contributed by atoms with Crippen LogP contribution in [0.5, 0.6) is 5.75 Å². The Morgan fingerprint density at radius 2 is 1.43 bits per heavy atom. The van der Waals surface area contributed by atoms with E-state index < -0.39 is 15.7 Å². The third kappa shape index (κ3) is 5.44. The maximum absolute atomic E-state index is 14.0. The summed E-state index contributed by atoms with van der Waals surface area (Å²) < 4.78 is 32.8. The second-order valence-corrected chi connectivity index (χ2v) is 22.1. The fourth-order valence-electron chi connectivity index (χ4n) is 6.35. The molecule has 0 aliphatic carbocycles. The summed E-state index contributed by atoms with van der Waals surface area (Å²) in [6.45, 7) is 9.04. The minimum Gasteiger partial charge on any atom is -0.497 e. The quantitative estimate of drug-likeness (QED) is 0.105. The van der Waals surface area contributed by atoms with Crippen molar-refractivity contribution in [3.63, 3.8) is 0 Å². The van der Waals surface area contributed by atoms with E-state index in [1.165, 1.54) is 51.6 Å². The van der Waals surface area contributed by atoms with Gasteiger partial charge in [0, 0.05) is 24.4 Å². The number of nitrogens with zero attached hydrogens (tertiary/aromatic N) is 1. The van der Waals surface area contributed by atoms with E-state index in [0.717, 1.165) is 44.1 Å². The average molecular weight is 738 g/mol. The molecule has 1 aliphatic heterocycles. The standard InChI is InChI=1S/C35H36NO5PS4Si/c1-6-16-40-42(38,41-17-7-2)35-36-30-31(46-35)22(4)44-32(30)27-19-29-34(45-27)33-28(18-21(3)43-33)47(29,25-12-8-23(20-37)9-13-25)26-14-10-24(39-5)11-15-26/h8-15,18-19,37H,6-7,16-17,20H2,1-5H3. The zero-order valence-electron chi connectivity index (χ0n) is 26.9. The molecule has 1 unspecified atom stereocenters. The first kappa shape index (κ1) is 33.1. The van der Waals surface area contributed by atoms with Gasteiger partial charge >= 0.3 is 7.60 Å². The molecule has 0 fully saturated rings. The normalized spacial score (nSPS) is 15.8. The fourth-order valence-corrected chi connectivity index (χ4v) is 19.5. The molecule has 0 saturated carbocycles. The third-order valence-electron chi connectivity index (χ3n) is 8.49. The highest BCUT2D eigenvalue weighted by Crippen LogP contribution is 2.52. The lowest BCUT2D eigenvalue weighted by atomic mass is 10.2. The Hall–Kier alpha value is -2.44. The number of hydrogen-bond donors (Lipinski definition) is 1. The topological polar surface area (TPSA) is 77.9 Å². The number of aryl methyl sites for hydroxylation is 2. The Morgan fingerprint density at radius 1 is 0.809 bits per heavy atom. The van der Waals surface area contributed by atoms with E-state index in [9.17, 15) is 9.67 Å². The number of aromatic nitrogens is 1. The van der Waals surface area contributed by atoms with Crippen molar-refractivity contribution in [1.29, 1.82) is 0 Å². The summed E-state index contributed by atoms with van der Waals surface area (Å²) in [5, 5.41) is 15.2. The number of thiazole rings is 1. The first-order valence-corrected chi connectivity index (χ1v) is 22.5. The van der Waals surface area contributed by atoms with Crippen LogP contribution in [-0.4, -0.2) is 38.5 Å². The zero-order chi connectivity index (χ0) is 32.9. The molecule has 6 nitrogen and oxygen atoms in total. The van der Waals surface area contributed by atoms with Gasteiger partial charge in [0.2, 0.25) is 4.75 Å². The number of rotatable bonds is 12. The number of fused-ring (bicyclic) bond motifs is 4. The van der Waals surface area contributed by atoms with Crippen LogP contribution in [-0.2, 0) is 20.2 Å². The van der Waals surface area contributed by atoms with E-state index in [-0.39, 0.29) is 6.61 Å². The summed E-state index contributed by atoms with van der Waals surface area (Å²) in [5.74, 6) is 0.832. The molecule has 47 heavy (non-hydrogen) atoms. The van der Waals surface area contributed by atoms with Gasteiger partial charge in [0.25, 0.3) is 0 Å². The molecule has 0 bridgehead atoms. The molecule has 7 rings (SSSR count). The summed E-state index contributed by atoms with van der Waals surface area (Å²) >= 11 is 6.89. The number of aliphatic hydroxyl groups excluding tert-OH is 1. The van der Waals surface area contributed by atoms with E-state index in [1.54, 1.807) is 18.4 Å². The number of ether oxygens (including phenoxy) is 1. The Morgan fingerprint density at radius 3 is 2.04 bits per heavy atom. The van der Waals surface area contributed by atoms with Crippen molar-refractivity contribution >= 4 is 96.7 Å². The van der Waals surface area contributed by atoms with Gasteiger partial charge in [-0.2, -0.15) is 0 Å². The van der Waals surface area contributed by atoms with Gasteiger partial charge in [0.05, 0.1) is 36.5 Å². The van der Waals surface area contributed by atoms with E-state index in [2.05, 4.69) is 74.5 Å². The number of benzene rings is 2. The second-order valence-electron chi connectivity index (χ2n) is 11.6. The Kier molecular flexibility index (Phi) is 9.23. The Labute approximate surface area is 292 Å². The number of methoxy groups -OCH3 is 1. The predicted octanol–water partition coefficient (Wildman–Crippen LogP) is 7.29. The first-order valence-electron chi connectivity index (χ1n) is 15.7. The largest absolute Gasteiger partial charge is 0.497 e. The lowest BCUT2D eigenvalue weighted by molar-refractivity contribution is 0.213. The van der Waals surface area contributed by atoms with Gasteiger partial charge in [-0.05, 0) is 77.3 Å². The van der Waals surface area contributed by atoms with Gasteiger partial charge < -0.3 is 18.9 Å². The highest BCUT2D eigenvalue weighted by Gasteiger charge is 2.51. The van der Waals surface area contributed by atoms with Crippen molar-refractivity contribution in [1.82, 2.24) is 4.98 Å². The van der Waals surface area contributed by atoms with E-state index in [1.807, 2.05) is 36.5 Å². The first-order chi connectivity index (χ1) is 22.8. The molecule has 0 saturated heterocycles. The number of aliphatic hydroxyl groups is 1. The van der Waals surface area contributed by atoms with Crippen LogP contribution in [0.4, 0.5) is 0 Å². The minimum absolute atomic E-state index is 0.0112.